The van der Waals surface area contributed by atoms with Gasteiger partial charge in [-0.3, -0.25) is 14.5 Å². The molecule has 156 valence electrons. The van der Waals surface area contributed by atoms with Crippen LogP contribution in [0.2, 0.25) is 10.0 Å². The van der Waals surface area contributed by atoms with Crippen LogP contribution in [0.1, 0.15) is 27.2 Å². The Morgan fingerprint density at radius 3 is 2.54 bits per heavy atom. The zero-order chi connectivity index (χ0) is 20.7. The summed E-state index contributed by atoms with van der Waals surface area (Å²) >= 11 is 12.2. The van der Waals surface area contributed by atoms with E-state index in [4.69, 9.17) is 27.9 Å². The van der Waals surface area contributed by atoms with Crippen LogP contribution >= 0.6 is 23.2 Å². The highest BCUT2D eigenvalue weighted by molar-refractivity contribution is 6.42. The van der Waals surface area contributed by atoms with Crippen LogP contribution in [0.25, 0.3) is 0 Å². The maximum absolute atomic E-state index is 12.8. The van der Waals surface area contributed by atoms with Gasteiger partial charge in [0.1, 0.15) is 10.8 Å². The van der Waals surface area contributed by atoms with Gasteiger partial charge in [0, 0.05) is 39.3 Å². The molecule has 1 atom stereocenters. The average molecular weight is 430 g/mol. The van der Waals surface area contributed by atoms with E-state index in [1.807, 2.05) is 18.7 Å². The van der Waals surface area contributed by atoms with Gasteiger partial charge in [0.15, 0.2) is 6.10 Å². The summed E-state index contributed by atoms with van der Waals surface area (Å²) in [6, 6.07) is 5.10. The number of carbonyl (C=O) groups excluding carboxylic acids is 2. The maximum Gasteiger partial charge on any atom is 0.263 e. The first-order valence-electron chi connectivity index (χ1n) is 9.76. The highest BCUT2D eigenvalue weighted by Crippen LogP contribution is 2.32. The molecule has 0 radical (unpaired) electrons. The van der Waals surface area contributed by atoms with Crippen molar-refractivity contribution in [2.75, 3.05) is 45.8 Å². The second kappa shape index (κ2) is 10.9. The molecule has 0 aliphatic carbocycles. The minimum absolute atomic E-state index is 0.0899. The number of benzene rings is 1. The summed E-state index contributed by atoms with van der Waals surface area (Å²) in [5.41, 5.74) is 0. The summed E-state index contributed by atoms with van der Waals surface area (Å²) in [6.45, 7) is 10.2. The zero-order valence-electron chi connectivity index (χ0n) is 16.8. The number of halogens is 2. The van der Waals surface area contributed by atoms with Crippen molar-refractivity contribution in [2.45, 2.75) is 33.3 Å². The minimum Gasteiger partial charge on any atom is -0.479 e. The van der Waals surface area contributed by atoms with E-state index >= 15 is 0 Å². The van der Waals surface area contributed by atoms with Gasteiger partial charge in [-0.2, -0.15) is 0 Å². The zero-order valence-corrected chi connectivity index (χ0v) is 18.3. The number of rotatable bonds is 7. The van der Waals surface area contributed by atoms with Crippen LogP contribution in [0, 0.1) is 0 Å². The van der Waals surface area contributed by atoms with Crippen molar-refractivity contribution in [1.29, 1.82) is 0 Å². The molecular formula is C20H29Cl2N3O3. The first kappa shape index (κ1) is 22.8. The largest absolute Gasteiger partial charge is 0.479 e. The summed E-state index contributed by atoms with van der Waals surface area (Å²) in [5.74, 6) is 0.446. The molecule has 2 rings (SSSR count). The number of carbonyl (C=O) groups is 2. The number of amides is 2. The van der Waals surface area contributed by atoms with Gasteiger partial charge in [0.2, 0.25) is 5.91 Å². The van der Waals surface area contributed by atoms with Gasteiger partial charge in [0.25, 0.3) is 5.91 Å². The molecule has 1 heterocycles. The second-order valence-corrected chi connectivity index (χ2v) is 7.62. The van der Waals surface area contributed by atoms with Gasteiger partial charge in [-0.1, -0.05) is 29.3 Å². The van der Waals surface area contributed by atoms with E-state index in [0.29, 0.717) is 55.1 Å². The van der Waals surface area contributed by atoms with E-state index in [1.54, 1.807) is 30.0 Å². The predicted octanol–water partition coefficient (Wildman–Crippen LogP) is 3.16. The van der Waals surface area contributed by atoms with Gasteiger partial charge in [0.05, 0.1) is 11.6 Å². The van der Waals surface area contributed by atoms with E-state index < -0.39 is 6.10 Å². The molecule has 1 aliphatic heterocycles. The Hall–Kier alpha value is -1.50. The topological polar surface area (TPSA) is 53.1 Å². The molecule has 28 heavy (non-hydrogen) atoms. The first-order valence-corrected chi connectivity index (χ1v) is 10.5. The fourth-order valence-electron chi connectivity index (χ4n) is 3.29. The lowest BCUT2D eigenvalue weighted by molar-refractivity contribution is -0.137. The summed E-state index contributed by atoms with van der Waals surface area (Å²) in [6.07, 6.45) is 0.155. The number of nitrogens with zero attached hydrogens (tertiary/aromatic N) is 3. The molecule has 0 spiro atoms. The van der Waals surface area contributed by atoms with E-state index in [0.717, 1.165) is 13.0 Å². The molecule has 1 aliphatic rings. The van der Waals surface area contributed by atoms with Crippen molar-refractivity contribution < 1.29 is 14.3 Å². The lowest BCUT2D eigenvalue weighted by Gasteiger charge is -2.26. The van der Waals surface area contributed by atoms with E-state index in [9.17, 15) is 9.59 Å². The molecule has 6 nitrogen and oxygen atoms in total. The Morgan fingerprint density at radius 2 is 1.86 bits per heavy atom. The van der Waals surface area contributed by atoms with Crippen LogP contribution < -0.4 is 4.74 Å². The van der Waals surface area contributed by atoms with Crippen LogP contribution in [0.15, 0.2) is 18.2 Å². The Bertz CT molecular complexity index is 683. The molecular weight excluding hydrogens is 401 g/mol. The number of hydrogen-bond donors (Lipinski definition) is 0. The molecule has 1 aromatic carbocycles. The van der Waals surface area contributed by atoms with Crippen molar-refractivity contribution in [3.63, 3.8) is 0 Å². The standard InChI is InChI=1S/C20H29Cl2N3O3/c1-4-24(5-2)18(26)14-23-10-7-11-25(13-12-23)20(27)15(3)28-17-9-6-8-16(21)19(17)22/h6,8-9,15H,4-5,7,10-14H2,1-3H3. The van der Waals surface area contributed by atoms with Crippen molar-refractivity contribution >= 4 is 35.0 Å². The molecule has 8 heteroatoms. The molecule has 1 aromatic rings. The minimum atomic E-state index is -0.667. The lowest BCUT2D eigenvalue weighted by Crippen LogP contribution is -2.44. The van der Waals surface area contributed by atoms with Gasteiger partial charge in [-0.15, -0.1) is 0 Å². The van der Waals surface area contributed by atoms with E-state index in [2.05, 4.69) is 4.90 Å². The number of hydrogen-bond acceptors (Lipinski definition) is 4. The average Bonchev–Trinajstić information content (AvgIpc) is 2.91. The predicted molar refractivity (Wildman–Crippen MR) is 112 cm³/mol. The van der Waals surface area contributed by atoms with Crippen molar-refractivity contribution in [1.82, 2.24) is 14.7 Å². The third-order valence-corrected chi connectivity index (χ3v) is 5.74. The monoisotopic (exact) mass is 429 g/mol. The van der Waals surface area contributed by atoms with Crippen LogP contribution in [-0.2, 0) is 9.59 Å². The molecule has 2 amide bonds. The van der Waals surface area contributed by atoms with Gasteiger partial charge >= 0.3 is 0 Å². The fraction of sp³-hybridized carbons (Fsp3) is 0.600. The Balaban J connectivity index is 1.91. The Labute approximate surface area is 177 Å². The highest BCUT2D eigenvalue weighted by atomic mass is 35.5. The smallest absolute Gasteiger partial charge is 0.263 e. The first-order chi connectivity index (χ1) is 13.4. The third-order valence-electron chi connectivity index (χ3n) is 4.94. The van der Waals surface area contributed by atoms with Gasteiger partial charge in [-0.05, 0) is 39.3 Å². The van der Waals surface area contributed by atoms with Crippen LogP contribution in [0.4, 0.5) is 0 Å². The van der Waals surface area contributed by atoms with Crippen LogP contribution in [0.3, 0.4) is 0 Å². The quantitative estimate of drug-likeness (QED) is 0.667. The van der Waals surface area contributed by atoms with E-state index in [-0.39, 0.29) is 11.8 Å². The number of likely N-dealkylation sites (N-methyl/N-ethyl adjacent to an activating group) is 1. The highest BCUT2D eigenvalue weighted by Gasteiger charge is 2.26. The molecule has 0 aromatic heterocycles. The molecule has 0 saturated carbocycles. The normalized spacial score (nSPS) is 16.4. The van der Waals surface area contributed by atoms with Crippen LogP contribution in [0.5, 0.6) is 5.75 Å². The van der Waals surface area contributed by atoms with Gasteiger partial charge in [-0.25, -0.2) is 0 Å². The molecule has 1 unspecified atom stereocenters. The third kappa shape index (κ3) is 6.00. The SMILES string of the molecule is CCN(CC)C(=O)CN1CCCN(C(=O)C(C)Oc2cccc(Cl)c2Cl)CC1. The summed E-state index contributed by atoms with van der Waals surface area (Å²) in [7, 11) is 0. The van der Waals surface area contributed by atoms with Crippen LogP contribution in [-0.4, -0.2) is 78.4 Å². The Kier molecular flexibility index (Phi) is 8.86. The molecule has 1 saturated heterocycles. The molecule has 0 N–H and O–H groups in total. The second-order valence-electron chi connectivity index (χ2n) is 6.83. The lowest BCUT2D eigenvalue weighted by atomic mass is 10.3. The number of ether oxygens (including phenoxy) is 1. The van der Waals surface area contributed by atoms with Crippen molar-refractivity contribution in [2.24, 2.45) is 0 Å². The maximum atomic E-state index is 12.8. The Morgan fingerprint density at radius 1 is 1.14 bits per heavy atom. The summed E-state index contributed by atoms with van der Waals surface area (Å²) < 4.78 is 5.75. The summed E-state index contributed by atoms with van der Waals surface area (Å²) in [5, 5.41) is 0.697. The van der Waals surface area contributed by atoms with Gasteiger partial charge < -0.3 is 14.5 Å². The van der Waals surface area contributed by atoms with E-state index in [1.165, 1.54) is 0 Å². The van der Waals surface area contributed by atoms with Crippen molar-refractivity contribution in [3.05, 3.63) is 28.2 Å². The van der Waals surface area contributed by atoms with Crippen molar-refractivity contribution in [3.8, 4) is 5.75 Å². The fourth-order valence-corrected chi connectivity index (χ4v) is 3.63. The molecule has 1 fully saturated rings. The summed E-state index contributed by atoms with van der Waals surface area (Å²) in [4.78, 5) is 30.9. The molecule has 0 bridgehead atoms.